The van der Waals surface area contributed by atoms with Gasteiger partial charge in [0.2, 0.25) is 0 Å². The third kappa shape index (κ3) is 3.81. The van der Waals surface area contributed by atoms with Crippen molar-refractivity contribution in [3.05, 3.63) is 87.7 Å². The second-order valence-electron chi connectivity index (χ2n) is 8.00. The third-order valence-corrected chi connectivity index (χ3v) is 5.99. The van der Waals surface area contributed by atoms with E-state index in [-0.39, 0.29) is 6.42 Å². The highest BCUT2D eigenvalue weighted by molar-refractivity contribution is 5.81. The van der Waals surface area contributed by atoms with Crippen molar-refractivity contribution in [3.8, 4) is 11.1 Å². The molecule has 1 aliphatic heterocycles. The Bertz CT molecular complexity index is 1060. The zero-order valence-electron chi connectivity index (χ0n) is 17.2. The van der Waals surface area contributed by atoms with Gasteiger partial charge in [-0.1, -0.05) is 29.8 Å². The van der Waals surface area contributed by atoms with Gasteiger partial charge in [-0.3, -0.25) is 14.7 Å². The van der Waals surface area contributed by atoms with Crippen molar-refractivity contribution in [3.63, 3.8) is 0 Å². The lowest BCUT2D eigenvalue weighted by molar-refractivity contribution is -0.136. The van der Waals surface area contributed by atoms with Crippen LogP contribution in [-0.4, -0.2) is 21.0 Å². The number of fused-ring (bicyclic) bond motifs is 1. The van der Waals surface area contributed by atoms with Gasteiger partial charge in [-0.2, -0.15) is 0 Å². The van der Waals surface area contributed by atoms with E-state index >= 15 is 0 Å². The van der Waals surface area contributed by atoms with E-state index in [4.69, 9.17) is 0 Å². The van der Waals surface area contributed by atoms with Crippen molar-refractivity contribution < 1.29 is 9.90 Å². The summed E-state index contributed by atoms with van der Waals surface area (Å²) in [5.41, 5.74) is 10.6. The van der Waals surface area contributed by atoms with Crippen molar-refractivity contribution >= 4 is 5.97 Å². The molecular weight excluding hydrogens is 360 g/mol. The number of benzene rings is 2. The summed E-state index contributed by atoms with van der Waals surface area (Å²) in [7, 11) is 0. The molecule has 4 heteroatoms. The van der Waals surface area contributed by atoms with Gasteiger partial charge < -0.3 is 5.11 Å². The molecule has 1 aromatic heterocycles. The Morgan fingerprint density at radius 2 is 1.59 bits per heavy atom. The number of carboxylic acid groups (broad SMARTS) is 1. The van der Waals surface area contributed by atoms with Crippen LogP contribution in [0.3, 0.4) is 0 Å². The lowest BCUT2D eigenvalue weighted by atomic mass is 9.84. The molecule has 0 amide bonds. The molecule has 0 saturated carbocycles. The Labute approximate surface area is 171 Å². The number of aryl methyl sites for hydroxylation is 1. The standard InChI is InChI=1S/C25H26N2O2/c1-16-4-6-20(7-5-16)25-18(3)23-15-27(13-19-8-10-26-11-9-19)14-22(23)17(2)21(25)12-24(28)29/h4-11H,12-15H2,1-3H3,(H,28,29). The van der Waals surface area contributed by atoms with E-state index in [1.165, 1.54) is 27.8 Å². The van der Waals surface area contributed by atoms with Crippen molar-refractivity contribution in [1.82, 2.24) is 9.88 Å². The highest BCUT2D eigenvalue weighted by Crippen LogP contribution is 2.39. The average molecular weight is 386 g/mol. The van der Waals surface area contributed by atoms with E-state index in [2.05, 4.69) is 67.1 Å². The molecule has 0 aliphatic carbocycles. The van der Waals surface area contributed by atoms with Crippen molar-refractivity contribution in [2.75, 3.05) is 0 Å². The number of rotatable bonds is 5. The summed E-state index contributed by atoms with van der Waals surface area (Å²) in [4.78, 5) is 18.2. The molecule has 0 atom stereocenters. The van der Waals surface area contributed by atoms with Crippen molar-refractivity contribution in [2.24, 2.45) is 0 Å². The first kappa shape index (κ1) is 19.3. The summed E-state index contributed by atoms with van der Waals surface area (Å²) in [5.74, 6) is -0.785. The van der Waals surface area contributed by atoms with Gasteiger partial charge >= 0.3 is 5.97 Å². The molecule has 0 radical (unpaired) electrons. The molecule has 3 aromatic rings. The molecule has 29 heavy (non-hydrogen) atoms. The Morgan fingerprint density at radius 1 is 0.966 bits per heavy atom. The number of pyridine rings is 1. The molecule has 0 unspecified atom stereocenters. The Kier molecular flexibility index (Phi) is 5.20. The minimum Gasteiger partial charge on any atom is -0.481 e. The molecule has 0 bridgehead atoms. The van der Waals surface area contributed by atoms with Crippen LogP contribution in [0.2, 0.25) is 0 Å². The second-order valence-corrected chi connectivity index (χ2v) is 8.00. The molecule has 4 nitrogen and oxygen atoms in total. The quantitative estimate of drug-likeness (QED) is 0.683. The normalized spacial score (nSPS) is 13.5. The highest BCUT2D eigenvalue weighted by atomic mass is 16.4. The van der Waals surface area contributed by atoms with Gasteiger partial charge in [0.15, 0.2) is 0 Å². The van der Waals surface area contributed by atoms with Gasteiger partial charge in [-0.25, -0.2) is 0 Å². The van der Waals surface area contributed by atoms with Crippen molar-refractivity contribution in [2.45, 2.75) is 46.8 Å². The van der Waals surface area contributed by atoms with Gasteiger partial charge in [0.25, 0.3) is 0 Å². The van der Waals surface area contributed by atoms with E-state index in [1.54, 1.807) is 0 Å². The average Bonchev–Trinajstić information content (AvgIpc) is 3.12. The predicted octanol–water partition coefficient (Wildman–Crippen LogP) is 4.82. The first-order chi connectivity index (χ1) is 13.9. The highest BCUT2D eigenvalue weighted by Gasteiger charge is 2.28. The molecule has 1 aliphatic rings. The maximum atomic E-state index is 11.7. The molecular formula is C25H26N2O2. The molecule has 0 fully saturated rings. The van der Waals surface area contributed by atoms with Crippen LogP contribution in [0.15, 0.2) is 48.8 Å². The summed E-state index contributed by atoms with van der Waals surface area (Å²) in [5, 5.41) is 9.58. The maximum Gasteiger partial charge on any atom is 0.307 e. The number of aliphatic carboxylic acids is 1. The monoisotopic (exact) mass is 386 g/mol. The first-order valence-corrected chi connectivity index (χ1v) is 9.98. The van der Waals surface area contributed by atoms with Gasteiger partial charge in [0, 0.05) is 32.0 Å². The molecule has 0 saturated heterocycles. The number of hydrogen-bond donors (Lipinski definition) is 1. The zero-order valence-corrected chi connectivity index (χ0v) is 17.2. The van der Waals surface area contributed by atoms with Crippen LogP contribution >= 0.6 is 0 Å². The lowest BCUT2D eigenvalue weighted by Crippen LogP contribution is -2.15. The van der Waals surface area contributed by atoms with E-state index in [9.17, 15) is 9.90 Å². The Morgan fingerprint density at radius 3 is 2.21 bits per heavy atom. The SMILES string of the molecule is Cc1ccc(-c2c(C)c3c(c(C)c2CC(=O)O)CN(Cc2ccncc2)C3)cc1. The van der Waals surface area contributed by atoms with Crippen LogP contribution in [0.5, 0.6) is 0 Å². The topological polar surface area (TPSA) is 53.4 Å². The van der Waals surface area contributed by atoms with Crippen LogP contribution in [0.25, 0.3) is 11.1 Å². The minimum atomic E-state index is -0.785. The molecule has 2 heterocycles. The van der Waals surface area contributed by atoms with Gasteiger partial charge in [0.05, 0.1) is 6.42 Å². The summed E-state index contributed by atoms with van der Waals surface area (Å²) in [6.45, 7) is 8.91. The van der Waals surface area contributed by atoms with Crippen LogP contribution in [-0.2, 0) is 30.8 Å². The largest absolute Gasteiger partial charge is 0.481 e. The number of carbonyl (C=O) groups is 1. The number of aromatic nitrogens is 1. The second kappa shape index (κ2) is 7.80. The fraction of sp³-hybridized carbons (Fsp3) is 0.280. The van der Waals surface area contributed by atoms with Gasteiger partial charge in [-0.05, 0) is 77.4 Å². The van der Waals surface area contributed by atoms with E-state index in [0.717, 1.165) is 41.9 Å². The molecule has 1 N–H and O–H groups in total. The van der Waals surface area contributed by atoms with Crippen LogP contribution < -0.4 is 0 Å². The van der Waals surface area contributed by atoms with E-state index in [1.807, 2.05) is 12.4 Å². The van der Waals surface area contributed by atoms with Crippen LogP contribution in [0.4, 0.5) is 0 Å². The fourth-order valence-electron chi connectivity index (χ4n) is 4.47. The zero-order chi connectivity index (χ0) is 20.5. The fourth-order valence-corrected chi connectivity index (χ4v) is 4.47. The minimum absolute atomic E-state index is 0.0491. The molecule has 0 spiro atoms. The third-order valence-electron chi connectivity index (χ3n) is 5.99. The smallest absolute Gasteiger partial charge is 0.307 e. The summed E-state index contributed by atoms with van der Waals surface area (Å²) < 4.78 is 0. The molecule has 4 rings (SSSR count). The van der Waals surface area contributed by atoms with Crippen LogP contribution in [0.1, 0.15) is 38.9 Å². The first-order valence-electron chi connectivity index (χ1n) is 9.98. The lowest BCUT2D eigenvalue weighted by Gasteiger charge is -2.20. The molecule has 2 aromatic carbocycles. The van der Waals surface area contributed by atoms with Crippen LogP contribution in [0, 0.1) is 20.8 Å². The Hall–Kier alpha value is -2.98. The molecule has 148 valence electrons. The predicted molar refractivity (Wildman–Crippen MR) is 115 cm³/mol. The van der Waals surface area contributed by atoms with E-state index in [0.29, 0.717) is 0 Å². The number of hydrogen-bond acceptors (Lipinski definition) is 3. The number of carboxylic acids is 1. The van der Waals surface area contributed by atoms with E-state index < -0.39 is 5.97 Å². The summed E-state index contributed by atoms with van der Waals surface area (Å²) in [6, 6.07) is 12.5. The summed E-state index contributed by atoms with van der Waals surface area (Å²) in [6.07, 6.45) is 3.71. The van der Waals surface area contributed by atoms with Crippen molar-refractivity contribution in [1.29, 1.82) is 0 Å². The number of nitrogens with zero attached hydrogens (tertiary/aromatic N) is 2. The van der Waals surface area contributed by atoms with Gasteiger partial charge in [0.1, 0.15) is 0 Å². The summed E-state index contributed by atoms with van der Waals surface area (Å²) >= 11 is 0. The van der Waals surface area contributed by atoms with Gasteiger partial charge in [-0.15, -0.1) is 0 Å². The Balaban J connectivity index is 1.78. The maximum absolute atomic E-state index is 11.7.